The fourth-order valence-electron chi connectivity index (χ4n) is 4.97. The van der Waals surface area contributed by atoms with Crippen LogP contribution in [-0.2, 0) is 4.79 Å². The third-order valence-electron chi connectivity index (χ3n) is 7.36. The minimum atomic E-state index is -1.28. The van der Waals surface area contributed by atoms with Crippen molar-refractivity contribution in [2.75, 3.05) is 18.0 Å². The quantitative estimate of drug-likeness (QED) is 0.215. The first-order chi connectivity index (χ1) is 19.5. The minimum Gasteiger partial charge on any atom is -0.342 e. The van der Waals surface area contributed by atoms with Crippen molar-refractivity contribution in [3.05, 3.63) is 80.9 Å². The molecule has 0 aliphatic carbocycles. The standard InChI is InChI=1S/C31H30ClFN6OS/c1-19-25(12-11-23-6-4-5-15-36-23)41-30-27(19)28(21-7-9-22(32)10-8-21)37-24(29(35)39(30)20(2)34)18-26(40)38-16-13-31(3,33)14-17-38/h4-10,15,24,34-35H,13-14,16-18H2,1-3H3/t24-/m0/s1. The van der Waals surface area contributed by atoms with E-state index >= 15 is 0 Å². The molecule has 1 aromatic carbocycles. The number of fused-ring (bicyclic) bond motifs is 1. The molecule has 0 radical (unpaired) electrons. The van der Waals surface area contributed by atoms with Gasteiger partial charge in [0.25, 0.3) is 0 Å². The number of nitrogens with one attached hydrogen (secondary N) is 2. The van der Waals surface area contributed by atoms with E-state index in [9.17, 15) is 9.18 Å². The molecule has 1 saturated heterocycles. The van der Waals surface area contributed by atoms with Gasteiger partial charge in [-0.25, -0.2) is 9.37 Å². The average molecular weight is 589 g/mol. The zero-order valence-electron chi connectivity index (χ0n) is 23.1. The summed E-state index contributed by atoms with van der Waals surface area (Å²) in [6.45, 7) is 5.80. The Morgan fingerprint density at radius 1 is 1.20 bits per heavy atom. The molecule has 0 unspecified atom stereocenters. The monoisotopic (exact) mass is 588 g/mol. The van der Waals surface area contributed by atoms with E-state index in [1.807, 2.05) is 37.3 Å². The molecule has 0 bridgehead atoms. The number of piperidine rings is 1. The number of hydrogen-bond acceptors (Lipinski definition) is 6. The number of carbonyl (C=O) groups is 1. The summed E-state index contributed by atoms with van der Waals surface area (Å²) in [6.07, 6.45) is 2.20. The molecule has 1 fully saturated rings. The number of aliphatic imine (C=N–C) groups is 1. The average Bonchev–Trinajstić information content (AvgIpc) is 3.19. The number of alkyl halides is 1. The molecule has 2 aliphatic heterocycles. The fourth-order valence-corrected chi connectivity index (χ4v) is 6.32. The van der Waals surface area contributed by atoms with Crippen molar-refractivity contribution < 1.29 is 9.18 Å². The lowest BCUT2D eigenvalue weighted by Crippen LogP contribution is -2.46. The molecule has 41 heavy (non-hydrogen) atoms. The van der Waals surface area contributed by atoms with Crippen LogP contribution in [0.2, 0.25) is 5.02 Å². The highest BCUT2D eigenvalue weighted by atomic mass is 35.5. The van der Waals surface area contributed by atoms with E-state index in [0.29, 0.717) is 34.5 Å². The summed E-state index contributed by atoms with van der Waals surface area (Å²) < 4.78 is 14.4. The second-order valence-corrected chi connectivity index (χ2v) is 11.9. The molecule has 4 heterocycles. The Bertz CT molecular complexity index is 1590. The lowest BCUT2D eigenvalue weighted by Gasteiger charge is -2.35. The Morgan fingerprint density at radius 2 is 1.90 bits per heavy atom. The Labute approximate surface area is 248 Å². The number of rotatable bonds is 3. The summed E-state index contributed by atoms with van der Waals surface area (Å²) in [6, 6.07) is 12.0. The number of hydrogen-bond donors (Lipinski definition) is 2. The Balaban J connectivity index is 1.60. The van der Waals surface area contributed by atoms with Gasteiger partial charge in [-0.05, 0) is 75.3 Å². The van der Waals surface area contributed by atoms with E-state index in [2.05, 4.69) is 16.8 Å². The lowest BCUT2D eigenvalue weighted by atomic mass is 9.95. The van der Waals surface area contributed by atoms with Crippen LogP contribution < -0.4 is 4.90 Å². The maximum absolute atomic E-state index is 14.4. The third-order valence-corrected chi connectivity index (χ3v) is 8.80. The highest BCUT2D eigenvalue weighted by Gasteiger charge is 2.37. The SMILES string of the molecule is CC(=N)N1C(=N)[C@H](CC(=O)N2CCC(C)(F)CC2)N=C(c2ccc(Cl)cc2)c2c1sc(C#Cc1ccccn1)c2C. The number of halogens is 2. The highest BCUT2D eigenvalue weighted by molar-refractivity contribution is 7.17. The Morgan fingerprint density at radius 3 is 2.54 bits per heavy atom. The molecule has 0 spiro atoms. The first-order valence-corrected chi connectivity index (χ1v) is 14.5. The van der Waals surface area contributed by atoms with Crippen LogP contribution in [0.3, 0.4) is 0 Å². The number of amides is 1. The van der Waals surface area contributed by atoms with Gasteiger partial charge in [0.2, 0.25) is 5.91 Å². The molecule has 5 rings (SSSR count). The number of nitrogens with zero attached hydrogens (tertiary/aromatic N) is 4. The van der Waals surface area contributed by atoms with Crippen molar-refractivity contribution in [2.45, 2.75) is 51.7 Å². The number of benzene rings is 1. The maximum Gasteiger partial charge on any atom is 0.225 e. The summed E-state index contributed by atoms with van der Waals surface area (Å²) >= 11 is 7.58. The normalized spacial score (nSPS) is 18.1. The van der Waals surface area contributed by atoms with Gasteiger partial charge in [0.1, 0.15) is 34.1 Å². The zero-order chi connectivity index (χ0) is 29.3. The Kier molecular flexibility index (Phi) is 8.07. The summed E-state index contributed by atoms with van der Waals surface area (Å²) in [5.41, 5.74) is 2.38. The third kappa shape index (κ3) is 6.09. The van der Waals surface area contributed by atoms with E-state index in [-0.39, 0.29) is 36.8 Å². The van der Waals surface area contributed by atoms with E-state index in [0.717, 1.165) is 21.6 Å². The van der Waals surface area contributed by atoms with Crippen molar-refractivity contribution in [1.29, 1.82) is 10.8 Å². The summed E-state index contributed by atoms with van der Waals surface area (Å²) in [5, 5.41) is 19.0. The molecule has 2 N–H and O–H groups in total. The molecule has 1 amide bonds. The predicted octanol–water partition coefficient (Wildman–Crippen LogP) is 6.25. The molecule has 1 atom stereocenters. The maximum atomic E-state index is 14.4. The van der Waals surface area contributed by atoms with E-state index in [1.165, 1.54) is 11.3 Å². The summed E-state index contributed by atoms with van der Waals surface area (Å²) in [4.78, 5) is 26.7. The molecule has 7 nitrogen and oxygen atoms in total. The van der Waals surface area contributed by atoms with Gasteiger partial charge >= 0.3 is 0 Å². The molecule has 2 aliphatic rings. The van der Waals surface area contributed by atoms with Crippen LogP contribution in [0.5, 0.6) is 0 Å². The molecule has 10 heteroatoms. The van der Waals surface area contributed by atoms with Crippen molar-refractivity contribution in [3.8, 4) is 11.8 Å². The smallest absolute Gasteiger partial charge is 0.225 e. The second-order valence-electron chi connectivity index (χ2n) is 10.5. The molecular formula is C31H30ClFN6OS. The largest absolute Gasteiger partial charge is 0.342 e. The molecule has 210 valence electrons. The van der Waals surface area contributed by atoms with Crippen LogP contribution in [0, 0.1) is 29.6 Å². The van der Waals surface area contributed by atoms with Crippen LogP contribution in [0.25, 0.3) is 0 Å². The van der Waals surface area contributed by atoms with Crippen LogP contribution >= 0.6 is 22.9 Å². The van der Waals surface area contributed by atoms with E-state index in [1.54, 1.807) is 42.0 Å². The van der Waals surface area contributed by atoms with Crippen molar-refractivity contribution in [3.63, 3.8) is 0 Å². The number of anilines is 1. The molecule has 3 aromatic rings. The van der Waals surface area contributed by atoms with Gasteiger partial charge < -0.3 is 4.90 Å². The lowest BCUT2D eigenvalue weighted by molar-refractivity contribution is -0.133. The van der Waals surface area contributed by atoms with Gasteiger partial charge in [0, 0.05) is 35.4 Å². The first kappa shape index (κ1) is 28.7. The van der Waals surface area contributed by atoms with Gasteiger partial charge in [-0.2, -0.15) is 0 Å². The highest BCUT2D eigenvalue weighted by Crippen LogP contribution is 2.40. The van der Waals surface area contributed by atoms with Gasteiger partial charge in [-0.15, -0.1) is 11.3 Å². The molecule has 0 saturated carbocycles. The fraction of sp³-hybridized carbons (Fsp3) is 0.323. The van der Waals surface area contributed by atoms with Crippen LogP contribution in [0.4, 0.5) is 9.39 Å². The van der Waals surface area contributed by atoms with Crippen molar-refractivity contribution in [2.24, 2.45) is 4.99 Å². The number of thiophene rings is 1. The topological polar surface area (TPSA) is 96.5 Å². The van der Waals surface area contributed by atoms with Crippen LogP contribution in [-0.4, -0.2) is 58.0 Å². The van der Waals surface area contributed by atoms with Crippen molar-refractivity contribution in [1.82, 2.24) is 9.88 Å². The minimum absolute atomic E-state index is 0.0360. The first-order valence-electron chi connectivity index (χ1n) is 13.3. The molecule has 2 aromatic heterocycles. The van der Waals surface area contributed by atoms with Gasteiger partial charge in [0.05, 0.1) is 17.0 Å². The van der Waals surface area contributed by atoms with Gasteiger partial charge in [-0.3, -0.25) is 25.5 Å². The van der Waals surface area contributed by atoms with Gasteiger partial charge in [-0.1, -0.05) is 29.8 Å². The zero-order valence-corrected chi connectivity index (χ0v) is 24.7. The van der Waals surface area contributed by atoms with E-state index in [4.69, 9.17) is 27.4 Å². The van der Waals surface area contributed by atoms with Crippen LogP contribution in [0.15, 0.2) is 53.7 Å². The second kappa shape index (κ2) is 11.6. The molecular weight excluding hydrogens is 559 g/mol. The van der Waals surface area contributed by atoms with E-state index < -0.39 is 11.7 Å². The van der Waals surface area contributed by atoms with Crippen molar-refractivity contribution >= 4 is 51.2 Å². The number of likely N-dealkylation sites (tertiary alicyclic amines) is 1. The predicted molar refractivity (Wildman–Crippen MR) is 164 cm³/mol. The number of amidine groups is 2. The van der Waals surface area contributed by atoms with Gasteiger partial charge in [0.15, 0.2) is 0 Å². The Hall–Kier alpha value is -3.87. The number of pyridine rings is 1. The number of carbonyl (C=O) groups excluding carboxylic acids is 1. The number of aromatic nitrogens is 1. The summed E-state index contributed by atoms with van der Waals surface area (Å²) in [7, 11) is 0. The summed E-state index contributed by atoms with van der Waals surface area (Å²) in [5.74, 6) is 6.33. The van der Waals surface area contributed by atoms with Crippen LogP contribution in [0.1, 0.15) is 60.4 Å².